The lowest BCUT2D eigenvalue weighted by molar-refractivity contribution is 0.413. The molecule has 0 fully saturated rings. The van der Waals surface area contributed by atoms with Gasteiger partial charge in [0.05, 0.1) is 41.8 Å². The van der Waals surface area contributed by atoms with Crippen molar-refractivity contribution < 1.29 is 4.74 Å². The number of aromatic nitrogens is 4. The summed E-state index contributed by atoms with van der Waals surface area (Å²) in [4.78, 5) is 13.4. The Kier molecular flexibility index (Phi) is 5.87. The number of methoxy groups -OCH3 is 1. The van der Waals surface area contributed by atoms with Crippen molar-refractivity contribution in [1.29, 1.82) is 10.5 Å². The van der Waals surface area contributed by atoms with Crippen LogP contribution in [0.3, 0.4) is 0 Å². The zero-order valence-corrected chi connectivity index (χ0v) is 17.5. The zero-order chi connectivity index (χ0) is 21.8. The van der Waals surface area contributed by atoms with Gasteiger partial charge in [-0.05, 0) is 30.7 Å². The summed E-state index contributed by atoms with van der Waals surface area (Å²) in [5.74, 6) is 1.10. The molecule has 4 aromatic rings. The number of ether oxygens (including phenoxy) is 1. The van der Waals surface area contributed by atoms with Gasteiger partial charge < -0.3 is 4.74 Å². The van der Waals surface area contributed by atoms with Gasteiger partial charge in [-0.3, -0.25) is 9.20 Å². The molecule has 0 amide bonds. The molecule has 9 heteroatoms. The second kappa shape index (κ2) is 8.90. The van der Waals surface area contributed by atoms with Crippen LogP contribution >= 0.6 is 11.8 Å². The molecular weight excluding hydrogens is 412 g/mol. The van der Waals surface area contributed by atoms with Gasteiger partial charge in [-0.15, -0.1) is 10.2 Å². The third-order valence-electron chi connectivity index (χ3n) is 4.92. The maximum atomic E-state index is 13.4. The number of benzene rings is 2. The number of nitriles is 2. The van der Waals surface area contributed by atoms with E-state index in [9.17, 15) is 10.1 Å². The largest absolute Gasteiger partial charge is 0.495 e. The number of rotatable bonds is 7. The number of thioether (sulfide) groups is 1. The Bertz CT molecular complexity index is 1400. The van der Waals surface area contributed by atoms with Gasteiger partial charge in [-0.2, -0.15) is 10.5 Å². The first kappa shape index (κ1) is 20.5. The quantitative estimate of drug-likeness (QED) is 0.412. The molecule has 31 heavy (non-hydrogen) atoms. The van der Waals surface area contributed by atoms with Gasteiger partial charge in [-0.25, -0.2) is 4.57 Å². The van der Waals surface area contributed by atoms with Crippen LogP contribution in [0.25, 0.3) is 22.4 Å². The van der Waals surface area contributed by atoms with E-state index < -0.39 is 0 Å². The Morgan fingerprint density at radius 3 is 2.68 bits per heavy atom. The first-order valence-electron chi connectivity index (χ1n) is 9.61. The lowest BCUT2D eigenvalue weighted by Gasteiger charge is -2.14. The van der Waals surface area contributed by atoms with Crippen LogP contribution in [-0.2, 0) is 0 Å². The molecule has 4 rings (SSSR count). The fraction of sp³-hybridized carbons (Fsp3) is 0.227. The van der Waals surface area contributed by atoms with Gasteiger partial charge in [0, 0.05) is 12.2 Å². The van der Waals surface area contributed by atoms with Crippen LogP contribution in [0.5, 0.6) is 5.75 Å². The van der Waals surface area contributed by atoms with Crippen LogP contribution in [0, 0.1) is 28.6 Å². The number of hydrogen-bond acceptors (Lipinski definition) is 7. The predicted molar refractivity (Wildman–Crippen MR) is 117 cm³/mol. The molecule has 0 saturated carbocycles. The van der Waals surface area contributed by atoms with E-state index in [1.54, 1.807) is 25.3 Å². The van der Waals surface area contributed by atoms with Gasteiger partial charge in [0.2, 0.25) is 5.78 Å². The lowest BCUT2D eigenvalue weighted by Crippen LogP contribution is -2.22. The summed E-state index contributed by atoms with van der Waals surface area (Å²) < 4.78 is 8.79. The molecule has 0 saturated heterocycles. The normalized spacial score (nSPS) is 11.8. The first-order chi connectivity index (χ1) is 15.2. The maximum absolute atomic E-state index is 13.4. The summed E-state index contributed by atoms with van der Waals surface area (Å²) >= 11 is 1.39. The van der Waals surface area contributed by atoms with E-state index in [4.69, 9.17) is 10.00 Å². The first-order valence-corrected chi connectivity index (χ1v) is 10.6. The van der Waals surface area contributed by atoms with E-state index >= 15 is 0 Å². The lowest BCUT2D eigenvalue weighted by atomic mass is 10.1. The smallest absolute Gasteiger partial charge is 0.267 e. The van der Waals surface area contributed by atoms with Crippen molar-refractivity contribution in [2.75, 3.05) is 12.9 Å². The van der Waals surface area contributed by atoms with E-state index in [0.29, 0.717) is 51.9 Å². The van der Waals surface area contributed by atoms with Gasteiger partial charge in [0.15, 0.2) is 5.16 Å². The summed E-state index contributed by atoms with van der Waals surface area (Å²) in [5.41, 5.74) is 1.03. The molecule has 1 atom stereocenters. The Hall–Kier alpha value is -3.82. The minimum atomic E-state index is -0.275. The number of fused-ring (bicyclic) bond motifs is 3. The number of para-hydroxylation sites is 3. The zero-order valence-electron chi connectivity index (χ0n) is 16.7. The molecule has 0 spiro atoms. The Morgan fingerprint density at radius 1 is 1.13 bits per heavy atom. The SMILES string of the molecule is COc1ccccc1-n1c(=O)c2ccccc2n2c(SC[C@@H](C#N)CCC#N)nnc12. The molecule has 0 aliphatic rings. The van der Waals surface area contributed by atoms with Crippen molar-refractivity contribution in [3.8, 4) is 23.6 Å². The van der Waals surface area contributed by atoms with E-state index in [-0.39, 0.29) is 11.5 Å². The van der Waals surface area contributed by atoms with E-state index in [2.05, 4.69) is 22.3 Å². The second-order valence-electron chi connectivity index (χ2n) is 6.78. The predicted octanol–water partition coefficient (Wildman–Crippen LogP) is 3.58. The van der Waals surface area contributed by atoms with Gasteiger partial charge in [-0.1, -0.05) is 36.0 Å². The molecule has 0 aliphatic carbocycles. The monoisotopic (exact) mass is 430 g/mol. The molecule has 2 aromatic carbocycles. The molecule has 0 N–H and O–H groups in total. The van der Waals surface area contributed by atoms with Gasteiger partial charge >= 0.3 is 0 Å². The van der Waals surface area contributed by atoms with Gasteiger partial charge in [0.25, 0.3) is 5.56 Å². The van der Waals surface area contributed by atoms with Crippen molar-refractivity contribution in [1.82, 2.24) is 19.2 Å². The average Bonchev–Trinajstić information content (AvgIpc) is 3.23. The fourth-order valence-electron chi connectivity index (χ4n) is 3.40. The van der Waals surface area contributed by atoms with E-state index in [1.807, 2.05) is 34.7 Å². The van der Waals surface area contributed by atoms with Crippen molar-refractivity contribution >= 4 is 28.4 Å². The topological polar surface area (TPSA) is 109 Å². The number of nitrogens with zero attached hydrogens (tertiary/aromatic N) is 6. The molecular formula is C22H18N6O2S. The summed E-state index contributed by atoms with van der Waals surface area (Å²) in [7, 11) is 1.55. The Morgan fingerprint density at radius 2 is 1.90 bits per heavy atom. The third-order valence-corrected chi connectivity index (χ3v) is 6.01. The molecule has 2 heterocycles. The summed E-state index contributed by atoms with van der Waals surface area (Å²) in [6.07, 6.45) is 0.832. The molecule has 0 aliphatic heterocycles. The average molecular weight is 430 g/mol. The molecule has 8 nitrogen and oxygen atoms in total. The van der Waals surface area contributed by atoms with Crippen LogP contribution in [-0.4, -0.2) is 32.0 Å². The highest BCUT2D eigenvalue weighted by atomic mass is 32.2. The molecule has 2 aromatic heterocycles. The summed E-state index contributed by atoms with van der Waals surface area (Å²) in [5, 5.41) is 27.9. The standard InChI is InChI=1S/C22H18N6O2S/c1-30-19-11-5-4-10-18(19)27-20(29)16-8-2-3-9-17(16)28-21(27)25-26-22(28)31-14-15(13-24)7-6-12-23/h2-5,8-11,15H,6-7,14H2,1H3/t15-/m1/s1. The molecule has 0 bridgehead atoms. The maximum Gasteiger partial charge on any atom is 0.267 e. The molecule has 0 radical (unpaired) electrons. The van der Waals surface area contributed by atoms with Crippen molar-refractivity contribution in [2.45, 2.75) is 18.0 Å². The van der Waals surface area contributed by atoms with Crippen LogP contribution in [0.2, 0.25) is 0 Å². The van der Waals surface area contributed by atoms with Crippen molar-refractivity contribution in [3.63, 3.8) is 0 Å². The van der Waals surface area contributed by atoms with Crippen LogP contribution in [0.4, 0.5) is 0 Å². The minimum absolute atomic E-state index is 0.222. The van der Waals surface area contributed by atoms with E-state index in [1.165, 1.54) is 16.3 Å². The summed E-state index contributed by atoms with van der Waals surface area (Å²) in [6.45, 7) is 0. The Balaban J connectivity index is 1.91. The van der Waals surface area contributed by atoms with Crippen LogP contribution in [0.1, 0.15) is 12.8 Å². The highest BCUT2D eigenvalue weighted by molar-refractivity contribution is 7.99. The van der Waals surface area contributed by atoms with E-state index in [0.717, 1.165) is 0 Å². The number of hydrogen-bond donors (Lipinski definition) is 0. The highest BCUT2D eigenvalue weighted by Gasteiger charge is 2.20. The molecule has 0 unspecified atom stereocenters. The Labute approximate surface area is 182 Å². The minimum Gasteiger partial charge on any atom is -0.495 e. The third kappa shape index (κ3) is 3.72. The molecule has 154 valence electrons. The fourth-order valence-corrected chi connectivity index (χ4v) is 4.40. The van der Waals surface area contributed by atoms with Crippen molar-refractivity contribution in [3.05, 3.63) is 58.9 Å². The van der Waals surface area contributed by atoms with Crippen LogP contribution in [0.15, 0.2) is 58.5 Å². The van der Waals surface area contributed by atoms with Crippen molar-refractivity contribution in [2.24, 2.45) is 5.92 Å². The highest BCUT2D eigenvalue weighted by Crippen LogP contribution is 2.28. The van der Waals surface area contributed by atoms with Crippen LogP contribution < -0.4 is 10.3 Å². The van der Waals surface area contributed by atoms with Gasteiger partial charge in [0.1, 0.15) is 5.75 Å². The second-order valence-corrected chi connectivity index (χ2v) is 7.77. The summed E-state index contributed by atoms with van der Waals surface area (Å²) in [6, 6.07) is 18.8.